The Hall–Kier alpha value is -0.0300. The van der Waals surface area contributed by atoms with Crippen LogP contribution in [-0.4, -0.2) is 61.0 Å². The molecule has 1 saturated carbocycles. The smallest absolute Gasteiger partial charge is 0.222 e. The summed E-state index contributed by atoms with van der Waals surface area (Å²) in [7, 11) is 0. The van der Waals surface area contributed by atoms with Crippen LogP contribution < -0.4 is 5.32 Å². The minimum Gasteiger partial charge on any atom is -0.340 e. The monoisotopic (exact) mass is 351 g/mol. The number of amides is 1. The molecule has 2 saturated heterocycles. The first-order chi connectivity index (χ1) is 9.83. The minimum absolute atomic E-state index is 0. The number of rotatable bonds is 3. The molecule has 0 unspecified atom stereocenters. The van der Waals surface area contributed by atoms with Gasteiger partial charge in [0.25, 0.3) is 0 Å². The average Bonchev–Trinajstić information content (AvgIpc) is 3.03. The number of halogens is 2. The van der Waals surface area contributed by atoms with Crippen molar-refractivity contribution < 1.29 is 4.79 Å². The summed E-state index contributed by atoms with van der Waals surface area (Å²) in [5, 5.41) is 3.37. The van der Waals surface area contributed by atoms with Gasteiger partial charge in [-0.3, -0.25) is 9.69 Å². The number of piperazine rings is 1. The third-order valence-electron chi connectivity index (χ3n) is 5.43. The third kappa shape index (κ3) is 5.26. The summed E-state index contributed by atoms with van der Waals surface area (Å²) in [4.78, 5) is 17.1. The SMILES string of the molecule is Cl.Cl.O=C(CC1CCNCC1)N1CCN(C2CCCC2)CC1. The first-order valence-electron chi connectivity index (χ1n) is 8.55. The summed E-state index contributed by atoms with van der Waals surface area (Å²) in [5.41, 5.74) is 0. The van der Waals surface area contributed by atoms with E-state index in [1.165, 1.54) is 38.5 Å². The van der Waals surface area contributed by atoms with Gasteiger partial charge in [0.05, 0.1) is 0 Å². The van der Waals surface area contributed by atoms with Gasteiger partial charge in [-0.15, -0.1) is 24.8 Å². The fraction of sp³-hybridized carbons (Fsp3) is 0.938. The standard InChI is InChI=1S/C16H29N3O.2ClH/c20-16(13-14-5-7-17-8-6-14)19-11-9-18(10-12-19)15-3-1-2-4-15;;/h14-15,17H,1-13H2;2*1H. The van der Waals surface area contributed by atoms with E-state index in [-0.39, 0.29) is 24.8 Å². The highest BCUT2D eigenvalue weighted by Gasteiger charge is 2.28. The molecule has 0 radical (unpaired) electrons. The van der Waals surface area contributed by atoms with Crippen LogP contribution in [0.25, 0.3) is 0 Å². The van der Waals surface area contributed by atoms with Crippen LogP contribution in [0.3, 0.4) is 0 Å². The van der Waals surface area contributed by atoms with Gasteiger partial charge in [-0.05, 0) is 44.7 Å². The second kappa shape index (κ2) is 9.96. The molecule has 3 fully saturated rings. The molecule has 0 aromatic heterocycles. The van der Waals surface area contributed by atoms with Crippen molar-refractivity contribution in [2.75, 3.05) is 39.3 Å². The van der Waals surface area contributed by atoms with Crippen LogP contribution in [0.4, 0.5) is 0 Å². The van der Waals surface area contributed by atoms with Crippen molar-refractivity contribution >= 4 is 30.7 Å². The Morgan fingerprint density at radius 2 is 1.50 bits per heavy atom. The summed E-state index contributed by atoms with van der Waals surface area (Å²) in [6.07, 6.45) is 8.69. The Morgan fingerprint density at radius 3 is 2.09 bits per heavy atom. The van der Waals surface area contributed by atoms with E-state index in [4.69, 9.17) is 0 Å². The molecule has 0 bridgehead atoms. The highest BCUT2D eigenvalue weighted by atomic mass is 35.5. The second-order valence-corrected chi connectivity index (χ2v) is 6.75. The molecule has 1 aliphatic carbocycles. The van der Waals surface area contributed by atoms with E-state index < -0.39 is 0 Å². The largest absolute Gasteiger partial charge is 0.340 e. The van der Waals surface area contributed by atoms with Crippen molar-refractivity contribution in [1.82, 2.24) is 15.1 Å². The summed E-state index contributed by atoms with van der Waals surface area (Å²) < 4.78 is 0. The first kappa shape index (κ1) is 20.0. The van der Waals surface area contributed by atoms with Crippen molar-refractivity contribution in [3.05, 3.63) is 0 Å². The lowest BCUT2D eigenvalue weighted by Gasteiger charge is -2.38. The number of nitrogens with one attached hydrogen (secondary N) is 1. The number of hydrogen-bond donors (Lipinski definition) is 1. The molecule has 1 amide bonds. The molecular formula is C16H31Cl2N3O. The van der Waals surface area contributed by atoms with Crippen LogP contribution in [-0.2, 0) is 4.79 Å². The van der Waals surface area contributed by atoms with E-state index in [1.807, 2.05) is 0 Å². The van der Waals surface area contributed by atoms with E-state index in [0.29, 0.717) is 11.8 Å². The van der Waals surface area contributed by atoms with Gasteiger partial charge in [-0.25, -0.2) is 0 Å². The van der Waals surface area contributed by atoms with Gasteiger partial charge < -0.3 is 10.2 Å². The molecule has 3 rings (SSSR count). The van der Waals surface area contributed by atoms with Crippen LogP contribution in [0, 0.1) is 5.92 Å². The van der Waals surface area contributed by atoms with Crippen LogP contribution in [0.15, 0.2) is 0 Å². The predicted octanol–water partition coefficient (Wildman–Crippen LogP) is 2.31. The van der Waals surface area contributed by atoms with Gasteiger partial charge in [-0.2, -0.15) is 0 Å². The maximum absolute atomic E-state index is 12.4. The van der Waals surface area contributed by atoms with Gasteiger partial charge in [0.15, 0.2) is 0 Å². The number of hydrogen-bond acceptors (Lipinski definition) is 3. The van der Waals surface area contributed by atoms with Crippen molar-refractivity contribution in [2.45, 2.75) is 51.0 Å². The maximum atomic E-state index is 12.4. The normalized spacial score (nSPS) is 24.6. The van der Waals surface area contributed by atoms with Gasteiger partial charge in [-0.1, -0.05) is 12.8 Å². The zero-order valence-corrected chi connectivity index (χ0v) is 15.1. The molecule has 0 aromatic rings. The van der Waals surface area contributed by atoms with Gasteiger partial charge in [0.2, 0.25) is 5.91 Å². The molecule has 22 heavy (non-hydrogen) atoms. The van der Waals surface area contributed by atoms with Crippen LogP contribution >= 0.6 is 24.8 Å². The van der Waals surface area contributed by atoms with E-state index >= 15 is 0 Å². The van der Waals surface area contributed by atoms with Gasteiger partial charge >= 0.3 is 0 Å². The molecule has 0 atom stereocenters. The number of nitrogens with zero attached hydrogens (tertiary/aromatic N) is 2. The van der Waals surface area contributed by atoms with Gasteiger partial charge in [0.1, 0.15) is 0 Å². The zero-order chi connectivity index (χ0) is 13.8. The summed E-state index contributed by atoms with van der Waals surface area (Å²) in [5.74, 6) is 1.03. The molecule has 130 valence electrons. The molecule has 6 heteroatoms. The lowest BCUT2D eigenvalue weighted by atomic mass is 9.94. The maximum Gasteiger partial charge on any atom is 0.222 e. The topological polar surface area (TPSA) is 35.6 Å². The quantitative estimate of drug-likeness (QED) is 0.847. The third-order valence-corrected chi connectivity index (χ3v) is 5.43. The summed E-state index contributed by atoms with van der Waals surface area (Å²) >= 11 is 0. The summed E-state index contributed by atoms with van der Waals surface area (Å²) in [6, 6.07) is 0.816. The fourth-order valence-corrected chi connectivity index (χ4v) is 4.07. The Bertz CT molecular complexity index is 323. The number of piperidine rings is 1. The van der Waals surface area contributed by atoms with Crippen LogP contribution in [0.1, 0.15) is 44.9 Å². The Labute approximate surface area is 147 Å². The molecule has 2 heterocycles. The molecule has 2 aliphatic heterocycles. The Balaban J connectivity index is 0.00000121. The lowest BCUT2D eigenvalue weighted by Crippen LogP contribution is -2.51. The van der Waals surface area contributed by atoms with Crippen LogP contribution in [0.2, 0.25) is 0 Å². The second-order valence-electron chi connectivity index (χ2n) is 6.75. The Morgan fingerprint density at radius 1 is 0.909 bits per heavy atom. The molecule has 0 aromatic carbocycles. The minimum atomic E-state index is 0. The molecular weight excluding hydrogens is 321 g/mol. The van der Waals surface area contributed by atoms with E-state index in [9.17, 15) is 4.79 Å². The average molecular weight is 352 g/mol. The highest BCUT2D eigenvalue weighted by Crippen LogP contribution is 2.25. The van der Waals surface area contributed by atoms with Crippen LogP contribution in [0.5, 0.6) is 0 Å². The lowest BCUT2D eigenvalue weighted by molar-refractivity contribution is -0.134. The van der Waals surface area contributed by atoms with Crippen molar-refractivity contribution in [3.63, 3.8) is 0 Å². The number of carbonyl (C=O) groups excluding carboxylic acids is 1. The number of carbonyl (C=O) groups is 1. The fourth-order valence-electron chi connectivity index (χ4n) is 4.07. The molecule has 0 spiro atoms. The first-order valence-corrected chi connectivity index (χ1v) is 8.55. The molecule has 3 aliphatic rings. The molecule has 4 nitrogen and oxygen atoms in total. The van der Waals surface area contributed by atoms with Crippen molar-refractivity contribution in [2.24, 2.45) is 5.92 Å². The van der Waals surface area contributed by atoms with Crippen molar-refractivity contribution in [3.8, 4) is 0 Å². The van der Waals surface area contributed by atoms with Crippen molar-refractivity contribution in [1.29, 1.82) is 0 Å². The Kier molecular flexibility index (Phi) is 9.07. The van der Waals surface area contributed by atoms with Gasteiger partial charge in [0, 0.05) is 38.6 Å². The van der Waals surface area contributed by atoms with E-state index in [2.05, 4.69) is 15.1 Å². The predicted molar refractivity (Wildman–Crippen MR) is 95.1 cm³/mol. The zero-order valence-electron chi connectivity index (χ0n) is 13.5. The van der Waals surface area contributed by atoms with E-state index in [1.54, 1.807) is 0 Å². The van der Waals surface area contributed by atoms with E-state index in [0.717, 1.165) is 51.7 Å². The highest BCUT2D eigenvalue weighted by molar-refractivity contribution is 5.85. The molecule has 1 N–H and O–H groups in total. The summed E-state index contributed by atoms with van der Waals surface area (Å²) in [6.45, 7) is 6.30.